The van der Waals surface area contributed by atoms with E-state index in [1.165, 1.54) is 16.7 Å². The van der Waals surface area contributed by atoms with Gasteiger partial charge in [0.05, 0.1) is 7.11 Å². The first-order valence-corrected chi connectivity index (χ1v) is 7.81. The highest BCUT2D eigenvalue weighted by atomic mass is 16.5. The molecular formula is C17H28N2O. The van der Waals surface area contributed by atoms with E-state index in [2.05, 4.69) is 43.2 Å². The molecule has 20 heavy (non-hydrogen) atoms. The molecule has 1 heterocycles. The predicted molar refractivity (Wildman–Crippen MR) is 84.4 cm³/mol. The fourth-order valence-corrected chi connectivity index (χ4v) is 3.17. The van der Waals surface area contributed by atoms with Crippen molar-refractivity contribution in [2.45, 2.75) is 45.7 Å². The Morgan fingerprint density at radius 3 is 2.80 bits per heavy atom. The summed E-state index contributed by atoms with van der Waals surface area (Å²) in [6.07, 6.45) is 3.46. The number of fused-ring (bicyclic) bond motifs is 1. The van der Waals surface area contributed by atoms with Crippen molar-refractivity contribution in [3.05, 3.63) is 28.8 Å². The zero-order chi connectivity index (χ0) is 14.5. The summed E-state index contributed by atoms with van der Waals surface area (Å²) in [6, 6.07) is 5.15. The highest BCUT2D eigenvalue weighted by Crippen LogP contribution is 2.35. The molecule has 0 aromatic heterocycles. The fraction of sp³-hybridized carbons (Fsp3) is 0.647. The van der Waals surface area contributed by atoms with E-state index >= 15 is 0 Å². The third kappa shape index (κ3) is 3.15. The van der Waals surface area contributed by atoms with Gasteiger partial charge in [0, 0.05) is 24.7 Å². The Hall–Kier alpha value is -1.06. The SMILES string of the molecule is CCCNCc1cc2c(cc1OC)C(CC)N(C)CC2. The van der Waals surface area contributed by atoms with Crippen LogP contribution in [0.25, 0.3) is 0 Å². The zero-order valence-electron chi connectivity index (χ0n) is 13.3. The Morgan fingerprint density at radius 2 is 2.15 bits per heavy atom. The molecule has 1 unspecified atom stereocenters. The van der Waals surface area contributed by atoms with Crippen LogP contribution in [0.5, 0.6) is 5.75 Å². The average molecular weight is 276 g/mol. The standard InChI is InChI=1S/C17H28N2O/c1-5-8-18-12-14-10-13-7-9-19(3)16(6-2)15(13)11-17(14)20-4/h10-11,16,18H,5-9,12H2,1-4H3. The lowest BCUT2D eigenvalue weighted by Gasteiger charge is -2.34. The van der Waals surface area contributed by atoms with Crippen molar-refractivity contribution >= 4 is 0 Å². The summed E-state index contributed by atoms with van der Waals surface area (Å²) in [6.45, 7) is 7.56. The fourth-order valence-electron chi connectivity index (χ4n) is 3.17. The monoisotopic (exact) mass is 276 g/mol. The summed E-state index contributed by atoms with van der Waals surface area (Å²) in [4.78, 5) is 2.46. The predicted octanol–water partition coefficient (Wildman–Crippen LogP) is 3.13. The Bertz CT molecular complexity index is 445. The Balaban J connectivity index is 2.29. The maximum Gasteiger partial charge on any atom is 0.123 e. The topological polar surface area (TPSA) is 24.5 Å². The van der Waals surface area contributed by atoms with Crippen LogP contribution in [0.4, 0.5) is 0 Å². The lowest BCUT2D eigenvalue weighted by molar-refractivity contribution is 0.224. The zero-order valence-corrected chi connectivity index (χ0v) is 13.3. The summed E-state index contributed by atoms with van der Waals surface area (Å²) in [7, 11) is 4.00. The van der Waals surface area contributed by atoms with E-state index in [4.69, 9.17) is 4.74 Å². The van der Waals surface area contributed by atoms with Crippen molar-refractivity contribution in [1.82, 2.24) is 10.2 Å². The number of nitrogens with one attached hydrogen (secondary N) is 1. The molecule has 1 aliphatic rings. The Labute approximate surface area is 123 Å². The number of hydrogen-bond acceptors (Lipinski definition) is 3. The highest BCUT2D eigenvalue weighted by Gasteiger charge is 2.24. The molecule has 0 amide bonds. The van der Waals surface area contributed by atoms with Gasteiger partial charge in [-0.2, -0.15) is 0 Å². The summed E-state index contributed by atoms with van der Waals surface area (Å²) in [5, 5.41) is 3.48. The van der Waals surface area contributed by atoms with Crippen LogP contribution in [-0.2, 0) is 13.0 Å². The number of likely N-dealkylation sites (N-methyl/N-ethyl adjacent to an activating group) is 1. The highest BCUT2D eigenvalue weighted by molar-refractivity contribution is 5.45. The number of rotatable bonds is 6. The summed E-state index contributed by atoms with van der Waals surface area (Å²) in [5.74, 6) is 1.03. The molecule has 3 nitrogen and oxygen atoms in total. The first kappa shape index (κ1) is 15.3. The molecule has 1 aromatic rings. The number of nitrogens with zero attached hydrogens (tertiary/aromatic N) is 1. The van der Waals surface area contributed by atoms with Gasteiger partial charge in [-0.3, -0.25) is 4.90 Å². The molecule has 0 radical (unpaired) electrons. The van der Waals surface area contributed by atoms with Crippen molar-refractivity contribution < 1.29 is 4.74 Å². The van der Waals surface area contributed by atoms with Crippen LogP contribution in [0.2, 0.25) is 0 Å². The maximum absolute atomic E-state index is 5.61. The van der Waals surface area contributed by atoms with Gasteiger partial charge in [-0.1, -0.05) is 19.9 Å². The molecule has 0 saturated carbocycles. The molecule has 1 aromatic carbocycles. The molecule has 1 N–H and O–H groups in total. The van der Waals surface area contributed by atoms with Gasteiger partial charge in [0.15, 0.2) is 0 Å². The third-order valence-electron chi connectivity index (χ3n) is 4.30. The molecule has 1 atom stereocenters. The van der Waals surface area contributed by atoms with Gasteiger partial charge < -0.3 is 10.1 Å². The normalized spacial score (nSPS) is 18.9. The van der Waals surface area contributed by atoms with Gasteiger partial charge >= 0.3 is 0 Å². The molecule has 0 aliphatic carbocycles. The number of methoxy groups -OCH3 is 1. The van der Waals surface area contributed by atoms with E-state index in [1.54, 1.807) is 7.11 Å². The molecule has 1 aliphatic heterocycles. The van der Waals surface area contributed by atoms with E-state index in [0.717, 1.165) is 44.6 Å². The second-order valence-electron chi connectivity index (χ2n) is 5.69. The second-order valence-corrected chi connectivity index (χ2v) is 5.69. The van der Waals surface area contributed by atoms with Crippen molar-refractivity contribution in [2.75, 3.05) is 27.2 Å². The second kappa shape index (κ2) is 7.09. The smallest absolute Gasteiger partial charge is 0.123 e. The largest absolute Gasteiger partial charge is 0.496 e. The first-order chi connectivity index (χ1) is 9.71. The van der Waals surface area contributed by atoms with Crippen LogP contribution >= 0.6 is 0 Å². The van der Waals surface area contributed by atoms with E-state index < -0.39 is 0 Å². The van der Waals surface area contributed by atoms with E-state index in [1.807, 2.05) is 0 Å². The van der Waals surface area contributed by atoms with E-state index in [9.17, 15) is 0 Å². The quantitative estimate of drug-likeness (QED) is 0.808. The van der Waals surface area contributed by atoms with Gasteiger partial charge in [-0.05, 0) is 50.0 Å². The minimum atomic E-state index is 0.533. The summed E-state index contributed by atoms with van der Waals surface area (Å²) in [5.41, 5.74) is 4.25. The van der Waals surface area contributed by atoms with Crippen LogP contribution in [0.15, 0.2) is 12.1 Å². The molecular weight excluding hydrogens is 248 g/mol. The number of benzene rings is 1. The first-order valence-electron chi connectivity index (χ1n) is 7.81. The molecule has 3 heteroatoms. The van der Waals surface area contributed by atoms with Gasteiger partial charge in [-0.25, -0.2) is 0 Å². The molecule has 0 saturated heterocycles. The van der Waals surface area contributed by atoms with Crippen molar-refractivity contribution in [1.29, 1.82) is 0 Å². The maximum atomic E-state index is 5.61. The molecule has 0 bridgehead atoms. The van der Waals surface area contributed by atoms with Gasteiger partial charge in [-0.15, -0.1) is 0 Å². The number of ether oxygens (including phenoxy) is 1. The summed E-state index contributed by atoms with van der Waals surface area (Å²) < 4.78 is 5.61. The van der Waals surface area contributed by atoms with Crippen LogP contribution in [0.1, 0.15) is 49.4 Å². The third-order valence-corrected chi connectivity index (χ3v) is 4.30. The van der Waals surface area contributed by atoms with Crippen molar-refractivity contribution in [3.8, 4) is 5.75 Å². The van der Waals surface area contributed by atoms with Crippen LogP contribution in [0, 0.1) is 0 Å². The molecule has 0 fully saturated rings. The Morgan fingerprint density at radius 1 is 1.35 bits per heavy atom. The van der Waals surface area contributed by atoms with E-state index in [-0.39, 0.29) is 0 Å². The summed E-state index contributed by atoms with van der Waals surface area (Å²) >= 11 is 0. The molecule has 2 rings (SSSR count). The van der Waals surface area contributed by atoms with Crippen molar-refractivity contribution in [2.24, 2.45) is 0 Å². The van der Waals surface area contributed by atoms with Crippen LogP contribution in [0.3, 0.4) is 0 Å². The molecule has 0 spiro atoms. The van der Waals surface area contributed by atoms with Crippen LogP contribution < -0.4 is 10.1 Å². The van der Waals surface area contributed by atoms with Crippen molar-refractivity contribution in [3.63, 3.8) is 0 Å². The van der Waals surface area contributed by atoms with Gasteiger partial charge in [0.2, 0.25) is 0 Å². The minimum Gasteiger partial charge on any atom is -0.496 e. The Kier molecular flexibility index (Phi) is 5.44. The minimum absolute atomic E-state index is 0.533. The average Bonchev–Trinajstić information content (AvgIpc) is 2.47. The van der Waals surface area contributed by atoms with Crippen LogP contribution in [-0.4, -0.2) is 32.1 Å². The van der Waals surface area contributed by atoms with E-state index in [0.29, 0.717) is 6.04 Å². The van der Waals surface area contributed by atoms with Gasteiger partial charge in [0.1, 0.15) is 5.75 Å². The lowest BCUT2D eigenvalue weighted by atomic mass is 9.89. The number of hydrogen-bond donors (Lipinski definition) is 1. The lowest BCUT2D eigenvalue weighted by Crippen LogP contribution is -2.32. The van der Waals surface area contributed by atoms with Gasteiger partial charge in [0.25, 0.3) is 0 Å². The molecule has 112 valence electrons.